The summed E-state index contributed by atoms with van der Waals surface area (Å²) in [5.74, 6) is 2.22. The Kier molecular flexibility index (Phi) is 19.4. The molecule has 0 aliphatic heterocycles. The first kappa shape index (κ1) is 28.7. The summed E-state index contributed by atoms with van der Waals surface area (Å²) in [6, 6.07) is 0. The van der Waals surface area contributed by atoms with Crippen LogP contribution in [0.3, 0.4) is 0 Å². The van der Waals surface area contributed by atoms with E-state index in [4.69, 9.17) is 18.9 Å². The van der Waals surface area contributed by atoms with Gasteiger partial charge in [0.15, 0.2) is 0 Å². The normalized spacial score (nSPS) is 10.7. The lowest BCUT2D eigenvalue weighted by molar-refractivity contribution is 0.0486. The van der Waals surface area contributed by atoms with Crippen molar-refractivity contribution in [1.82, 2.24) is 0 Å². The fraction of sp³-hybridized carbons (Fsp3) is 0.909. The van der Waals surface area contributed by atoms with Crippen molar-refractivity contribution >= 4 is 12.3 Å². The Morgan fingerprint density at radius 3 is 0.786 bits per heavy atom. The lowest BCUT2D eigenvalue weighted by atomic mass is 10.1. The van der Waals surface area contributed by atoms with Crippen LogP contribution < -0.4 is 0 Å². The molecule has 0 spiro atoms. The van der Waals surface area contributed by atoms with E-state index < -0.39 is 12.3 Å². The maximum Gasteiger partial charge on any atom is 0.508 e. The van der Waals surface area contributed by atoms with Gasteiger partial charge in [-0.25, -0.2) is 9.59 Å². The average Bonchev–Trinajstić information content (AvgIpc) is 2.54. The van der Waals surface area contributed by atoms with E-state index in [-0.39, 0.29) is 0 Å². The summed E-state index contributed by atoms with van der Waals surface area (Å²) in [7, 11) is 0. The van der Waals surface area contributed by atoms with E-state index in [1.165, 1.54) is 0 Å². The quantitative estimate of drug-likeness (QED) is 0.347. The van der Waals surface area contributed by atoms with E-state index in [9.17, 15) is 9.59 Å². The zero-order chi connectivity index (χ0) is 21.9. The second-order valence-corrected chi connectivity index (χ2v) is 8.62. The van der Waals surface area contributed by atoms with E-state index in [0.29, 0.717) is 50.1 Å². The first-order valence-corrected chi connectivity index (χ1v) is 10.6. The number of rotatable bonds is 12. The van der Waals surface area contributed by atoms with Gasteiger partial charge in [-0.05, 0) is 49.4 Å². The molecule has 0 atom stereocenters. The summed E-state index contributed by atoms with van der Waals surface area (Å²) in [6.07, 6.45) is 2.48. The monoisotopic (exact) mass is 404 g/mol. The molecule has 6 nitrogen and oxygen atoms in total. The molecule has 0 aromatic carbocycles. The molecule has 0 heterocycles. The molecule has 0 N–H and O–H groups in total. The fourth-order valence-electron chi connectivity index (χ4n) is 1.60. The van der Waals surface area contributed by atoms with Gasteiger partial charge in [0.05, 0.1) is 26.4 Å². The third kappa shape index (κ3) is 26.8. The highest BCUT2D eigenvalue weighted by Gasteiger charge is 2.05. The molecule has 0 aromatic rings. The van der Waals surface area contributed by atoms with Gasteiger partial charge in [-0.3, -0.25) is 0 Å². The molecule has 0 aromatic heterocycles. The zero-order valence-electron chi connectivity index (χ0n) is 19.4. The van der Waals surface area contributed by atoms with Gasteiger partial charge in [0.1, 0.15) is 0 Å². The Balaban J connectivity index is 0. The Hall–Kier alpha value is -1.46. The minimum Gasteiger partial charge on any atom is -0.434 e. The Morgan fingerprint density at radius 2 is 0.643 bits per heavy atom. The number of hydrogen-bond donors (Lipinski definition) is 0. The van der Waals surface area contributed by atoms with E-state index in [2.05, 4.69) is 55.4 Å². The van der Waals surface area contributed by atoms with Gasteiger partial charge in [-0.1, -0.05) is 55.4 Å². The molecule has 0 bridgehead atoms. The van der Waals surface area contributed by atoms with Crippen LogP contribution in [0.5, 0.6) is 0 Å². The molecular weight excluding hydrogens is 360 g/mol. The molecule has 0 amide bonds. The molecular formula is C22H44O6. The standard InChI is InChI=1S/2C11H22O3/c2*1-9(2)5-7-13-11(12)14-8-6-10(3)4/h2*9-10H,5-8H2,1-4H3. The number of carbonyl (C=O) groups excluding carboxylic acids is 2. The fourth-order valence-corrected chi connectivity index (χ4v) is 1.60. The lowest BCUT2D eigenvalue weighted by Crippen LogP contribution is -2.11. The highest BCUT2D eigenvalue weighted by atomic mass is 16.7. The first-order valence-electron chi connectivity index (χ1n) is 10.6. The van der Waals surface area contributed by atoms with Gasteiger partial charge in [-0.15, -0.1) is 0 Å². The lowest BCUT2D eigenvalue weighted by Gasteiger charge is -2.08. The van der Waals surface area contributed by atoms with E-state index >= 15 is 0 Å². The molecule has 0 saturated carbocycles. The van der Waals surface area contributed by atoms with Crippen LogP contribution >= 0.6 is 0 Å². The van der Waals surface area contributed by atoms with E-state index in [1.807, 2.05) is 0 Å². The SMILES string of the molecule is CC(C)CCOC(=O)OCCC(C)C.CC(C)CCOC(=O)OCCC(C)C. The third-order valence-electron chi connectivity index (χ3n) is 3.66. The molecule has 168 valence electrons. The van der Waals surface area contributed by atoms with Gasteiger partial charge in [-0.2, -0.15) is 0 Å². The molecule has 6 heteroatoms. The zero-order valence-corrected chi connectivity index (χ0v) is 19.4. The number of hydrogen-bond acceptors (Lipinski definition) is 6. The maximum atomic E-state index is 11.0. The van der Waals surface area contributed by atoms with Crippen LogP contribution in [0.4, 0.5) is 9.59 Å². The van der Waals surface area contributed by atoms with Gasteiger partial charge >= 0.3 is 12.3 Å². The van der Waals surface area contributed by atoms with Crippen LogP contribution in [-0.4, -0.2) is 38.7 Å². The third-order valence-corrected chi connectivity index (χ3v) is 3.66. The topological polar surface area (TPSA) is 71.1 Å². The first-order chi connectivity index (χ1) is 13.0. The second-order valence-electron chi connectivity index (χ2n) is 8.62. The average molecular weight is 405 g/mol. The van der Waals surface area contributed by atoms with Crippen LogP contribution in [-0.2, 0) is 18.9 Å². The van der Waals surface area contributed by atoms with Crippen molar-refractivity contribution in [3.63, 3.8) is 0 Å². The minimum atomic E-state index is -0.536. The van der Waals surface area contributed by atoms with Crippen molar-refractivity contribution in [2.45, 2.75) is 81.1 Å². The molecule has 0 saturated heterocycles. The molecule has 0 rings (SSSR count). The largest absolute Gasteiger partial charge is 0.508 e. The number of carbonyl (C=O) groups is 2. The van der Waals surface area contributed by atoms with Crippen LogP contribution in [0.25, 0.3) is 0 Å². The Bertz CT molecular complexity index is 309. The van der Waals surface area contributed by atoms with Gasteiger partial charge in [0.2, 0.25) is 0 Å². The summed E-state index contributed by atoms with van der Waals surface area (Å²) in [4.78, 5) is 21.9. The van der Waals surface area contributed by atoms with Crippen molar-refractivity contribution < 1.29 is 28.5 Å². The van der Waals surface area contributed by atoms with E-state index in [1.54, 1.807) is 0 Å². The van der Waals surface area contributed by atoms with Crippen LogP contribution in [0.15, 0.2) is 0 Å². The summed E-state index contributed by atoms with van der Waals surface area (Å²) in [5, 5.41) is 0. The summed E-state index contributed by atoms with van der Waals surface area (Å²) >= 11 is 0. The molecule has 0 aliphatic carbocycles. The van der Waals surface area contributed by atoms with Crippen LogP contribution in [0, 0.1) is 23.7 Å². The predicted molar refractivity (Wildman–Crippen MR) is 112 cm³/mol. The second kappa shape index (κ2) is 18.9. The summed E-state index contributed by atoms with van der Waals surface area (Å²) in [6.45, 7) is 18.6. The van der Waals surface area contributed by atoms with Gasteiger partial charge in [0.25, 0.3) is 0 Å². The van der Waals surface area contributed by atoms with Crippen molar-refractivity contribution in [1.29, 1.82) is 0 Å². The van der Waals surface area contributed by atoms with E-state index in [0.717, 1.165) is 25.7 Å². The smallest absolute Gasteiger partial charge is 0.434 e. The molecule has 0 radical (unpaired) electrons. The van der Waals surface area contributed by atoms with Crippen molar-refractivity contribution in [3.8, 4) is 0 Å². The maximum absolute atomic E-state index is 11.0. The van der Waals surface area contributed by atoms with Crippen LogP contribution in [0.2, 0.25) is 0 Å². The van der Waals surface area contributed by atoms with Crippen molar-refractivity contribution in [2.75, 3.05) is 26.4 Å². The van der Waals surface area contributed by atoms with Crippen molar-refractivity contribution in [3.05, 3.63) is 0 Å². The van der Waals surface area contributed by atoms with Crippen LogP contribution in [0.1, 0.15) is 81.1 Å². The summed E-state index contributed by atoms with van der Waals surface area (Å²) < 4.78 is 19.5. The highest BCUT2D eigenvalue weighted by molar-refractivity contribution is 5.60. The summed E-state index contributed by atoms with van der Waals surface area (Å²) in [5.41, 5.74) is 0. The minimum absolute atomic E-state index is 0.457. The van der Waals surface area contributed by atoms with Gasteiger partial charge < -0.3 is 18.9 Å². The molecule has 0 fully saturated rings. The molecule has 0 unspecified atom stereocenters. The molecule has 28 heavy (non-hydrogen) atoms. The Labute approximate surface area is 172 Å². The Morgan fingerprint density at radius 1 is 0.464 bits per heavy atom. The van der Waals surface area contributed by atoms with Crippen molar-refractivity contribution in [2.24, 2.45) is 23.7 Å². The predicted octanol–water partition coefficient (Wildman–Crippen LogP) is 6.46. The highest BCUT2D eigenvalue weighted by Crippen LogP contribution is 2.03. The van der Waals surface area contributed by atoms with Gasteiger partial charge in [0, 0.05) is 0 Å². The number of ether oxygens (including phenoxy) is 4. The molecule has 0 aliphatic rings.